The van der Waals surface area contributed by atoms with Crippen LogP contribution in [0, 0.1) is 0 Å². The highest BCUT2D eigenvalue weighted by Gasteiger charge is 2.06. The van der Waals surface area contributed by atoms with Gasteiger partial charge in [0.1, 0.15) is 0 Å². The number of nitrogens with zero attached hydrogens (tertiary/aromatic N) is 1. The molecule has 0 saturated heterocycles. The Morgan fingerprint density at radius 3 is 2.42 bits per heavy atom. The van der Waals surface area contributed by atoms with E-state index in [0.717, 1.165) is 5.56 Å². The lowest BCUT2D eigenvalue weighted by molar-refractivity contribution is 0.551. The van der Waals surface area contributed by atoms with Crippen molar-refractivity contribution in [3.05, 3.63) is 30.1 Å². The highest BCUT2D eigenvalue weighted by Crippen LogP contribution is 2.01. The summed E-state index contributed by atoms with van der Waals surface area (Å²) < 4.78 is 32.3. The van der Waals surface area contributed by atoms with E-state index in [-0.39, 0.29) is 6.42 Å². The summed E-state index contributed by atoms with van der Waals surface area (Å²) in [4.78, 5) is 3.75. The molecule has 66 valence electrons. The van der Waals surface area contributed by atoms with Gasteiger partial charge in [-0.25, -0.2) is 0 Å². The number of hydrogen-bond acceptors (Lipinski definition) is 3. The first-order valence-electron chi connectivity index (χ1n) is 3.39. The maximum Gasteiger partial charge on any atom is 0.302 e. The normalized spacial score (nSPS) is 11.4. The Bertz CT molecular complexity index is 336. The molecule has 1 rings (SSSR count). The second-order valence-corrected chi connectivity index (χ2v) is 3.83. The molecule has 0 aliphatic carbocycles. The monoisotopic (exact) mass is 189 g/mol. The van der Waals surface area contributed by atoms with E-state index in [1.54, 1.807) is 24.5 Å². The first-order chi connectivity index (χ1) is 5.58. The third-order valence-electron chi connectivity index (χ3n) is 1.38. The number of rotatable bonds is 3. The Morgan fingerprint density at radius 1 is 1.33 bits per heavy atom. The lowest BCUT2D eigenvalue weighted by Gasteiger charge is -1.95. The molecule has 0 saturated carbocycles. The van der Waals surface area contributed by atoms with Crippen LogP contribution in [0.2, 0.25) is 0 Å². The van der Waals surface area contributed by atoms with E-state index >= 15 is 0 Å². The summed E-state index contributed by atoms with van der Waals surface area (Å²) in [6.07, 6.45) is 3.28. The van der Waals surface area contributed by atoms with Gasteiger partial charge < -0.3 is 0 Å². The molecule has 0 aromatic carbocycles. The standard InChI is InChI=1S/C7H8FNO2S/c8-12(10,11)6-3-7-1-4-9-5-2-7/h1-2,4-5H,3,6H2. The highest BCUT2D eigenvalue weighted by molar-refractivity contribution is 7.86. The molecule has 0 radical (unpaired) electrons. The van der Waals surface area contributed by atoms with Crippen LogP contribution in [-0.2, 0) is 16.6 Å². The van der Waals surface area contributed by atoms with Gasteiger partial charge in [-0.1, -0.05) is 0 Å². The van der Waals surface area contributed by atoms with Crippen molar-refractivity contribution in [1.82, 2.24) is 4.98 Å². The summed E-state index contributed by atoms with van der Waals surface area (Å²) in [5, 5.41) is 0. The first kappa shape index (κ1) is 9.12. The Balaban J connectivity index is 2.56. The summed E-state index contributed by atoms with van der Waals surface area (Å²) in [5.74, 6) is -0.461. The molecule has 1 aromatic rings. The van der Waals surface area contributed by atoms with E-state index in [0.29, 0.717) is 0 Å². The third kappa shape index (κ3) is 3.43. The zero-order valence-corrected chi connectivity index (χ0v) is 7.09. The number of halogens is 1. The molecular weight excluding hydrogens is 181 g/mol. The topological polar surface area (TPSA) is 47.0 Å². The van der Waals surface area contributed by atoms with Crippen LogP contribution >= 0.6 is 0 Å². The molecule has 0 atom stereocenters. The van der Waals surface area contributed by atoms with Gasteiger partial charge >= 0.3 is 10.2 Å². The molecule has 0 fully saturated rings. The van der Waals surface area contributed by atoms with Crippen molar-refractivity contribution in [3.8, 4) is 0 Å². The fourth-order valence-electron chi connectivity index (χ4n) is 0.789. The zero-order chi connectivity index (χ0) is 9.03. The number of aryl methyl sites for hydroxylation is 1. The van der Waals surface area contributed by atoms with Crippen molar-refractivity contribution in [1.29, 1.82) is 0 Å². The Kier molecular flexibility index (Phi) is 2.75. The van der Waals surface area contributed by atoms with Gasteiger partial charge in [-0.05, 0) is 24.1 Å². The fourth-order valence-corrected chi connectivity index (χ4v) is 1.27. The summed E-state index contributed by atoms with van der Waals surface area (Å²) >= 11 is 0. The van der Waals surface area contributed by atoms with Gasteiger partial charge in [-0.15, -0.1) is 3.89 Å². The number of pyridine rings is 1. The largest absolute Gasteiger partial charge is 0.302 e. The Labute approximate surface area is 70.5 Å². The van der Waals surface area contributed by atoms with Crippen LogP contribution in [0.3, 0.4) is 0 Å². The fraction of sp³-hybridized carbons (Fsp3) is 0.286. The van der Waals surface area contributed by atoms with Crippen LogP contribution in [0.25, 0.3) is 0 Å². The van der Waals surface area contributed by atoms with Crippen LogP contribution in [0.1, 0.15) is 5.56 Å². The van der Waals surface area contributed by atoms with E-state index in [2.05, 4.69) is 4.98 Å². The van der Waals surface area contributed by atoms with Gasteiger partial charge in [0.25, 0.3) is 0 Å². The van der Waals surface area contributed by atoms with E-state index < -0.39 is 16.0 Å². The summed E-state index contributed by atoms with van der Waals surface area (Å²) in [6.45, 7) is 0. The van der Waals surface area contributed by atoms with Crippen molar-refractivity contribution in [2.24, 2.45) is 0 Å². The minimum absolute atomic E-state index is 0.196. The van der Waals surface area contributed by atoms with Crippen LogP contribution in [0.15, 0.2) is 24.5 Å². The zero-order valence-electron chi connectivity index (χ0n) is 6.27. The van der Waals surface area contributed by atoms with E-state index in [4.69, 9.17) is 0 Å². The lowest BCUT2D eigenvalue weighted by Crippen LogP contribution is -2.01. The van der Waals surface area contributed by atoms with Crippen LogP contribution in [0.4, 0.5) is 3.89 Å². The molecule has 0 bridgehead atoms. The van der Waals surface area contributed by atoms with Gasteiger partial charge in [-0.2, -0.15) is 8.42 Å². The molecule has 0 unspecified atom stereocenters. The average molecular weight is 189 g/mol. The molecule has 3 nitrogen and oxygen atoms in total. The van der Waals surface area contributed by atoms with Crippen molar-refractivity contribution in [3.63, 3.8) is 0 Å². The molecule has 0 aliphatic rings. The average Bonchev–Trinajstić information content (AvgIpc) is 2.02. The Hall–Kier alpha value is -0.970. The second kappa shape index (κ2) is 3.62. The SMILES string of the molecule is O=S(=O)(F)CCc1ccncc1. The third-order valence-corrected chi connectivity index (χ3v) is 2.08. The summed E-state index contributed by atoms with van der Waals surface area (Å²) in [6, 6.07) is 3.32. The van der Waals surface area contributed by atoms with Gasteiger partial charge in [-0.3, -0.25) is 4.98 Å². The molecule has 1 heterocycles. The number of aromatic nitrogens is 1. The van der Waals surface area contributed by atoms with Crippen LogP contribution in [0.5, 0.6) is 0 Å². The predicted octanol–water partition coefficient (Wildman–Crippen LogP) is 0.923. The number of hydrogen-bond donors (Lipinski definition) is 0. The maximum atomic E-state index is 12.0. The van der Waals surface area contributed by atoms with Gasteiger partial charge in [0.05, 0.1) is 5.75 Å². The molecule has 1 aromatic heterocycles. The molecule has 0 spiro atoms. The first-order valence-corrected chi connectivity index (χ1v) is 4.94. The van der Waals surface area contributed by atoms with Crippen molar-refractivity contribution < 1.29 is 12.3 Å². The van der Waals surface area contributed by atoms with Crippen molar-refractivity contribution >= 4 is 10.2 Å². The minimum atomic E-state index is -4.34. The molecule has 0 aliphatic heterocycles. The highest BCUT2D eigenvalue weighted by atomic mass is 32.3. The van der Waals surface area contributed by atoms with Crippen molar-refractivity contribution in [2.75, 3.05) is 5.75 Å². The maximum absolute atomic E-state index is 12.0. The van der Waals surface area contributed by atoms with Gasteiger partial charge in [0, 0.05) is 12.4 Å². The minimum Gasteiger partial charge on any atom is -0.265 e. The van der Waals surface area contributed by atoms with Gasteiger partial charge in [0.2, 0.25) is 0 Å². The summed E-state index contributed by atoms with van der Waals surface area (Å²) in [5.41, 5.74) is 0.770. The van der Waals surface area contributed by atoms with Crippen LogP contribution in [-0.4, -0.2) is 19.2 Å². The van der Waals surface area contributed by atoms with Crippen molar-refractivity contribution in [2.45, 2.75) is 6.42 Å². The van der Waals surface area contributed by atoms with E-state index in [1.807, 2.05) is 0 Å². The molecule has 5 heteroatoms. The molecule has 12 heavy (non-hydrogen) atoms. The van der Waals surface area contributed by atoms with E-state index in [9.17, 15) is 12.3 Å². The molecule has 0 amide bonds. The molecule has 0 N–H and O–H groups in total. The summed E-state index contributed by atoms with van der Waals surface area (Å²) in [7, 11) is -4.34. The smallest absolute Gasteiger partial charge is 0.265 e. The van der Waals surface area contributed by atoms with Gasteiger partial charge in [0.15, 0.2) is 0 Å². The predicted molar refractivity (Wildman–Crippen MR) is 42.8 cm³/mol. The molecular formula is C7H8FNO2S. The quantitative estimate of drug-likeness (QED) is 0.664. The second-order valence-electron chi connectivity index (χ2n) is 2.35. The Morgan fingerprint density at radius 2 is 1.92 bits per heavy atom. The van der Waals surface area contributed by atoms with Crippen LogP contribution < -0.4 is 0 Å². The lowest BCUT2D eigenvalue weighted by atomic mass is 10.2. The van der Waals surface area contributed by atoms with E-state index in [1.165, 1.54) is 0 Å².